The van der Waals surface area contributed by atoms with Gasteiger partial charge < -0.3 is 14.8 Å². The van der Waals surface area contributed by atoms with Crippen LogP contribution in [-0.2, 0) is 0 Å². The first kappa shape index (κ1) is 17.8. The number of methoxy groups -OCH3 is 2. The van der Waals surface area contributed by atoms with Gasteiger partial charge in [0.15, 0.2) is 0 Å². The monoisotopic (exact) mass is 375 g/mol. The number of nitrogens with zero attached hydrogens (tertiary/aromatic N) is 1. The molecule has 8 heteroatoms. The Balaban J connectivity index is 1.83. The van der Waals surface area contributed by atoms with E-state index in [-0.39, 0.29) is 11.5 Å². The van der Waals surface area contributed by atoms with Crippen LogP contribution in [0.1, 0.15) is 10.5 Å². The molecule has 0 radical (unpaired) electrons. The van der Waals surface area contributed by atoms with Crippen LogP contribution in [0.5, 0.6) is 11.5 Å². The van der Waals surface area contributed by atoms with Gasteiger partial charge in [-0.05, 0) is 36.4 Å². The highest BCUT2D eigenvalue weighted by Gasteiger charge is 2.16. The smallest absolute Gasteiger partial charge is 0.273 e. The van der Waals surface area contributed by atoms with Gasteiger partial charge in [-0.25, -0.2) is 4.39 Å². The summed E-state index contributed by atoms with van der Waals surface area (Å²) >= 11 is 6.10. The number of nitrogens with one attached hydrogen (secondary N) is 2. The number of carbonyl (C=O) groups is 1. The summed E-state index contributed by atoms with van der Waals surface area (Å²) < 4.78 is 23.4. The molecule has 0 aliphatic carbocycles. The molecule has 3 aromatic rings. The first-order chi connectivity index (χ1) is 12.5. The summed E-state index contributed by atoms with van der Waals surface area (Å²) in [5.74, 6) is 0.0654. The lowest BCUT2D eigenvalue weighted by molar-refractivity contribution is 0.102. The predicted octanol–water partition coefficient (Wildman–Crippen LogP) is 4.14. The molecule has 0 bridgehead atoms. The van der Waals surface area contributed by atoms with Gasteiger partial charge in [-0.1, -0.05) is 11.6 Å². The Hall–Kier alpha value is -3.06. The van der Waals surface area contributed by atoms with Crippen LogP contribution in [0.25, 0.3) is 11.3 Å². The third-order valence-corrected chi connectivity index (χ3v) is 3.98. The molecule has 0 aliphatic heterocycles. The van der Waals surface area contributed by atoms with Crippen molar-refractivity contribution in [1.82, 2.24) is 10.2 Å². The number of aromatic nitrogens is 2. The average molecular weight is 376 g/mol. The van der Waals surface area contributed by atoms with Crippen molar-refractivity contribution in [3.05, 3.63) is 59.0 Å². The topological polar surface area (TPSA) is 76.2 Å². The first-order valence-corrected chi connectivity index (χ1v) is 7.94. The first-order valence-electron chi connectivity index (χ1n) is 7.56. The zero-order valence-corrected chi connectivity index (χ0v) is 14.7. The highest BCUT2D eigenvalue weighted by molar-refractivity contribution is 6.32. The molecule has 0 spiro atoms. The molecule has 3 rings (SSSR count). The van der Waals surface area contributed by atoms with Crippen molar-refractivity contribution in [2.45, 2.75) is 0 Å². The van der Waals surface area contributed by atoms with Gasteiger partial charge >= 0.3 is 0 Å². The molecule has 0 unspecified atom stereocenters. The molecule has 0 saturated heterocycles. The molecule has 2 N–H and O–H groups in total. The van der Waals surface area contributed by atoms with Crippen molar-refractivity contribution in [1.29, 1.82) is 0 Å². The van der Waals surface area contributed by atoms with E-state index in [0.29, 0.717) is 33.5 Å². The lowest BCUT2D eigenvalue weighted by atomic mass is 10.1. The van der Waals surface area contributed by atoms with Crippen molar-refractivity contribution >= 4 is 23.2 Å². The van der Waals surface area contributed by atoms with Gasteiger partial charge in [0.2, 0.25) is 0 Å². The van der Waals surface area contributed by atoms with Gasteiger partial charge in [-0.15, -0.1) is 0 Å². The Bertz CT molecular complexity index is 941. The van der Waals surface area contributed by atoms with E-state index in [0.717, 1.165) is 0 Å². The van der Waals surface area contributed by atoms with E-state index in [1.165, 1.54) is 32.4 Å². The quantitative estimate of drug-likeness (QED) is 0.702. The summed E-state index contributed by atoms with van der Waals surface area (Å²) in [4.78, 5) is 12.5. The van der Waals surface area contributed by atoms with Gasteiger partial charge in [0, 0.05) is 11.6 Å². The number of amides is 1. The van der Waals surface area contributed by atoms with Gasteiger partial charge in [0.05, 0.1) is 30.6 Å². The minimum absolute atomic E-state index is 0.235. The molecule has 134 valence electrons. The Labute approximate surface area is 153 Å². The van der Waals surface area contributed by atoms with Gasteiger partial charge in [-0.2, -0.15) is 5.10 Å². The Kier molecular flexibility index (Phi) is 5.09. The van der Waals surface area contributed by atoms with Crippen LogP contribution in [0.4, 0.5) is 10.1 Å². The van der Waals surface area contributed by atoms with Crippen molar-refractivity contribution in [3.8, 4) is 22.8 Å². The molecule has 2 aromatic carbocycles. The van der Waals surface area contributed by atoms with E-state index in [4.69, 9.17) is 21.1 Å². The van der Waals surface area contributed by atoms with Crippen LogP contribution in [0.2, 0.25) is 5.02 Å². The number of carbonyl (C=O) groups excluding carboxylic acids is 1. The third-order valence-electron chi connectivity index (χ3n) is 3.68. The largest absolute Gasteiger partial charge is 0.495 e. The molecule has 0 fully saturated rings. The number of hydrogen-bond donors (Lipinski definition) is 2. The standard InChI is InChI=1S/C18H15ClFN3O3/c1-25-16-9-17(26-2)14(7-12(16)19)21-18(24)15-8-13(22-23-15)10-3-5-11(20)6-4-10/h3-9H,1-2H3,(H,21,24)(H,22,23). The number of anilines is 1. The van der Waals surface area contributed by atoms with Gasteiger partial charge in [-0.3, -0.25) is 9.89 Å². The fourth-order valence-electron chi connectivity index (χ4n) is 2.35. The maximum Gasteiger partial charge on any atom is 0.273 e. The Morgan fingerprint density at radius 2 is 1.81 bits per heavy atom. The predicted molar refractivity (Wildman–Crippen MR) is 96.5 cm³/mol. The summed E-state index contributed by atoms with van der Waals surface area (Å²) in [6.45, 7) is 0. The number of hydrogen-bond acceptors (Lipinski definition) is 4. The molecule has 26 heavy (non-hydrogen) atoms. The highest BCUT2D eigenvalue weighted by Crippen LogP contribution is 2.36. The Morgan fingerprint density at radius 3 is 2.46 bits per heavy atom. The van der Waals surface area contributed by atoms with E-state index >= 15 is 0 Å². The molecule has 1 aromatic heterocycles. The third kappa shape index (κ3) is 3.62. The fraction of sp³-hybridized carbons (Fsp3) is 0.111. The molecule has 0 saturated carbocycles. The van der Waals surface area contributed by atoms with Crippen molar-refractivity contribution in [2.24, 2.45) is 0 Å². The highest BCUT2D eigenvalue weighted by atomic mass is 35.5. The Morgan fingerprint density at radius 1 is 1.12 bits per heavy atom. The molecule has 1 heterocycles. The second-order valence-corrected chi connectivity index (χ2v) is 5.72. The van der Waals surface area contributed by atoms with E-state index < -0.39 is 5.91 Å². The van der Waals surface area contributed by atoms with Crippen LogP contribution in [-0.4, -0.2) is 30.3 Å². The number of aromatic amines is 1. The summed E-state index contributed by atoms with van der Waals surface area (Å²) in [7, 11) is 2.96. The molecular formula is C18H15ClFN3O3. The summed E-state index contributed by atoms with van der Waals surface area (Å²) in [6.07, 6.45) is 0. The maximum atomic E-state index is 13.0. The van der Waals surface area contributed by atoms with Gasteiger partial charge in [0.25, 0.3) is 5.91 Å². The van der Waals surface area contributed by atoms with Crippen molar-refractivity contribution in [3.63, 3.8) is 0 Å². The second-order valence-electron chi connectivity index (χ2n) is 5.31. The molecule has 0 atom stereocenters. The average Bonchev–Trinajstić information content (AvgIpc) is 3.13. The van der Waals surface area contributed by atoms with E-state index in [2.05, 4.69) is 15.5 Å². The number of ether oxygens (including phenoxy) is 2. The molecule has 6 nitrogen and oxygen atoms in total. The lowest BCUT2D eigenvalue weighted by Gasteiger charge is -2.12. The van der Waals surface area contributed by atoms with Crippen molar-refractivity contribution < 1.29 is 18.7 Å². The molecule has 1 amide bonds. The number of halogens is 2. The van der Waals surface area contributed by atoms with Crippen LogP contribution in [0, 0.1) is 5.82 Å². The van der Waals surface area contributed by atoms with Crippen molar-refractivity contribution in [2.75, 3.05) is 19.5 Å². The van der Waals surface area contributed by atoms with Crippen LogP contribution >= 0.6 is 11.6 Å². The van der Waals surface area contributed by atoms with Crippen LogP contribution in [0.15, 0.2) is 42.5 Å². The minimum atomic E-state index is -0.426. The van der Waals surface area contributed by atoms with E-state index in [1.54, 1.807) is 24.3 Å². The van der Waals surface area contributed by atoms with Crippen LogP contribution < -0.4 is 14.8 Å². The van der Waals surface area contributed by atoms with Gasteiger partial charge in [0.1, 0.15) is 23.0 Å². The van der Waals surface area contributed by atoms with E-state index in [1.807, 2.05) is 0 Å². The zero-order valence-electron chi connectivity index (χ0n) is 14.0. The number of rotatable bonds is 5. The second kappa shape index (κ2) is 7.45. The number of benzene rings is 2. The summed E-state index contributed by atoms with van der Waals surface area (Å²) in [5.41, 5.74) is 1.83. The summed E-state index contributed by atoms with van der Waals surface area (Å²) in [5, 5.41) is 9.78. The fourth-order valence-corrected chi connectivity index (χ4v) is 2.59. The normalized spacial score (nSPS) is 10.5. The summed E-state index contributed by atoms with van der Waals surface area (Å²) in [6, 6.07) is 10.5. The SMILES string of the molecule is COc1cc(OC)c(NC(=O)c2cc(-c3ccc(F)cc3)n[nH]2)cc1Cl. The van der Waals surface area contributed by atoms with Crippen LogP contribution in [0.3, 0.4) is 0 Å². The molecular weight excluding hydrogens is 361 g/mol. The lowest BCUT2D eigenvalue weighted by Crippen LogP contribution is -2.13. The molecule has 0 aliphatic rings. The zero-order chi connectivity index (χ0) is 18.7. The van der Waals surface area contributed by atoms with E-state index in [9.17, 15) is 9.18 Å². The number of H-pyrrole nitrogens is 1. The maximum absolute atomic E-state index is 13.0. The minimum Gasteiger partial charge on any atom is -0.495 e.